The SMILES string of the molecule is C=CS(=O)(=O)c1ccc(N=Nc2ccc(N(CCOS(=O)(=O)O)CCOS(=O)(=O)O)cc2)c(Cl)c1. The van der Waals surface area contributed by atoms with Crippen LogP contribution in [0.15, 0.2) is 69.6 Å². The van der Waals surface area contributed by atoms with Gasteiger partial charge in [0.15, 0.2) is 9.84 Å². The van der Waals surface area contributed by atoms with Crippen LogP contribution in [0.1, 0.15) is 0 Å². The average molecular weight is 570 g/mol. The fourth-order valence-corrected chi connectivity index (χ4v) is 4.14. The zero-order valence-electron chi connectivity index (χ0n) is 17.8. The molecule has 2 rings (SSSR count). The summed E-state index contributed by atoms with van der Waals surface area (Å²) in [7, 11) is -13.0. The van der Waals surface area contributed by atoms with Crippen molar-refractivity contribution < 1.29 is 42.7 Å². The molecule has 0 unspecified atom stereocenters. The van der Waals surface area contributed by atoms with Crippen molar-refractivity contribution >= 4 is 59.3 Å². The van der Waals surface area contributed by atoms with Crippen LogP contribution in [0.4, 0.5) is 17.1 Å². The van der Waals surface area contributed by atoms with E-state index in [9.17, 15) is 25.3 Å². The van der Waals surface area contributed by atoms with E-state index in [2.05, 4.69) is 25.2 Å². The van der Waals surface area contributed by atoms with Crippen LogP contribution in [0.5, 0.6) is 0 Å². The molecule has 13 nitrogen and oxygen atoms in total. The molecular weight excluding hydrogens is 550 g/mol. The maximum absolute atomic E-state index is 11.8. The summed E-state index contributed by atoms with van der Waals surface area (Å²) in [5.74, 6) is 0. The number of hydrogen-bond donors (Lipinski definition) is 2. The van der Waals surface area contributed by atoms with Gasteiger partial charge in [-0.05, 0) is 42.5 Å². The monoisotopic (exact) mass is 569 g/mol. The molecule has 0 saturated heterocycles. The predicted molar refractivity (Wildman–Crippen MR) is 127 cm³/mol. The molecule has 0 bridgehead atoms. The normalized spacial score (nSPS) is 12.7. The number of halogens is 1. The third-order valence-corrected chi connectivity index (χ3v) is 6.72. The number of nitrogens with zero attached hydrogens (tertiary/aromatic N) is 3. The molecule has 0 aliphatic carbocycles. The highest BCUT2D eigenvalue weighted by molar-refractivity contribution is 7.94. The minimum absolute atomic E-state index is 0.0446. The van der Waals surface area contributed by atoms with Crippen molar-refractivity contribution in [2.45, 2.75) is 4.90 Å². The number of rotatable bonds is 13. The molecule has 0 radical (unpaired) electrons. The van der Waals surface area contributed by atoms with Gasteiger partial charge < -0.3 is 4.90 Å². The van der Waals surface area contributed by atoms with Crippen molar-refractivity contribution in [2.24, 2.45) is 10.2 Å². The topological polar surface area (TPSA) is 189 Å². The highest BCUT2D eigenvalue weighted by atomic mass is 35.5. The van der Waals surface area contributed by atoms with Crippen molar-refractivity contribution in [1.29, 1.82) is 0 Å². The fourth-order valence-electron chi connectivity index (χ4n) is 2.56. The molecule has 2 N–H and O–H groups in total. The van der Waals surface area contributed by atoms with Gasteiger partial charge in [0.1, 0.15) is 5.69 Å². The molecule has 0 aliphatic rings. The summed E-state index contributed by atoms with van der Waals surface area (Å²) in [4.78, 5) is 1.42. The molecular formula is C18H20ClN3O10S3. The van der Waals surface area contributed by atoms with E-state index in [4.69, 9.17) is 20.7 Å². The van der Waals surface area contributed by atoms with Crippen LogP contribution in [-0.4, -0.2) is 60.7 Å². The lowest BCUT2D eigenvalue weighted by atomic mass is 10.2. The van der Waals surface area contributed by atoms with Crippen molar-refractivity contribution in [1.82, 2.24) is 0 Å². The second-order valence-corrected chi connectivity index (χ2v) is 11.0. The van der Waals surface area contributed by atoms with E-state index in [1.54, 1.807) is 12.1 Å². The molecule has 0 aromatic heterocycles. The van der Waals surface area contributed by atoms with E-state index in [0.717, 1.165) is 5.41 Å². The molecule has 0 atom stereocenters. The Hall–Kier alpha value is -2.44. The van der Waals surface area contributed by atoms with Gasteiger partial charge in [-0.15, -0.1) is 5.11 Å². The Morgan fingerprint density at radius 3 is 1.89 bits per heavy atom. The summed E-state index contributed by atoms with van der Waals surface area (Å²) in [5, 5.41) is 8.85. The van der Waals surface area contributed by atoms with E-state index in [1.165, 1.54) is 35.2 Å². The quantitative estimate of drug-likeness (QED) is 0.266. The van der Waals surface area contributed by atoms with Crippen molar-refractivity contribution in [3.05, 3.63) is 59.5 Å². The summed E-state index contributed by atoms with van der Waals surface area (Å²) in [6.07, 6.45) is 0. The summed E-state index contributed by atoms with van der Waals surface area (Å²) in [5.41, 5.74) is 1.06. The van der Waals surface area contributed by atoms with Crippen molar-refractivity contribution in [3.8, 4) is 0 Å². The van der Waals surface area contributed by atoms with Gasteiger partial charge in [0, 0.05) is 24.2 Å². The first-order valence-corrected chi connectivity index (χ1v) is 14.0. The molecule has 0 heterocycles. The zero-order valence-corrected chi connectivity index (χ0v) is 21.0. The van der Waals surface area contributed by atoms with Crippen LogP contribution in [0, 0.1) is 0 Å². The Balaban J connectivity index is 2.15. The molecule has 17 heteroatoms. The number of hydrogen-bond acceptors (Lipinski definition) is 11. The molecule has 0 amide bonds. The van der Waals surface area contributed by atoms with Crippen LogP contribution in [0.25, 0.3) is 0 Å². The number of azo groups is 1. The molecule has 2 aromatic carbocycles. The Kier molecular flexibility index (Phi) is 9.87. The van der Waals surface area contributed by atoms with Crippen molar-refractivity contribution in [2.75, 3.05) is 31.2 Å². The number of anilines is 1. The summed E-state index contributed by atoms with van der Waals surface area (Å²) < 4.78 is 92.6. The minimum Gasteiger partial charge on any atom is -0.367 e. The Bertz CT molecular complexity index is 1360. The van der Waals surface area contributed by atoms with Gasteiger partial charge >= 0.3 is 20.8 Å². The lowest BCUT2D eigenvalue weighted by Gasteiger charge is -2.24. The van der Waals surface area contributed by atoms with E-state index in [0.29, 0.717) is 11.4 Å². The average Bonchev–Trinajstić information content (AvgIpc) is 2.76. The van der Waals surface area contributed by atoms with Gasteiger partial charge in [-0.25, -0.2) is 16.8 Å². The van der Waals surface area contributed by atoms with E-state index in [1.807, 2.05) is 0 Å². The van der Waals surface area contributed by atoms with Crippen molar-refractivity contribution in [3.63, 3.8) is 0 Å². The van der Waals surface area contributed by atoms with Crippen LogP contribution < -0.4 is 4.90 Å². The Labute approximate surface area is 207 Å². The lowest BCUT2D eigenvalue weighted by Crippen LogP contribution is -2.32. The molecule has 35 heavy (non-hydrogen) atoms. The predicted octanol–water partition coefficient (Wildman–Crippen LogP) is 3.12. The first kappa shape index (κ1) is 28.8. The van der Waals surface area contributed by atoms with Gasteiger partial charge in [0.25, 0.3) is 0 Å². The highest BCUT2D eigenvalue weighted by Gasteiger charge is 2.13. The van der Waals surface area contributed by atoms with E-state index >= 15 is 0 Å². The maximum atomic E-state index is 11.8. The first-order chi connectivity index (χ1) is 16.2. The maximum Gasteiger partial charge on any atom is 0.397 e. The molecule has 0 fully saturated rings. The molecule has 192 valence electrons. The lowest BCUT2D eigenvalue weighted by molar-refractivity contribution is 0.261. The fraction of sp³-hybridized carbons (Fsp3) is 0.222. The van der Waals surface area contributed by atoms with E-state index in [-0.39, 0.29) is 28.7 Å². The molecule has 0 spiro atoms. The second kappa shape index (κ2) is 12.0. The van der Waals surface area contributed by atoms with Gasteiger partial charge in [-0.2, -0.15) is 21.9 Å². The summed E-state index contributed by atoms with van der Waals surface area (Å²) >= 11 is 6.08. The molecule has 2 aromatic rings. The van der Waals surface area contributed by atoms with Crippen LogP contribution in [0.3, 0.4) is 0 Å². The van der Waals surface area contributed by atoms with Gasteiger partial charge in [-0.3, -0.25) is 9.11 Å². The van der Waals surface area contributed by atoms with Gasteiger partial charge in [0.2, 0.25) is 0 Å². The highest BCUT2D eigenvalue weighted by Crippen LogP contribution is 2.30. The zero-order chi connectivity index (χ0) is 26.3. The summed E-state index contributed by atoms with van der Waals surface area (Å²) in [6.45, 7) is 2.15. The first-order valence-electron chi connectivity index (χ1n) is 9.38. The molecule has 0 aliphatic heterocycles. The summed E-state index contributed by atoms with van der Waals surface area (Å²) in [6, 6.07) is 10.1. The largest absolute Gasteiger partial charge is 0.397 e. The second-order valence-electron chi connectivity index (χ2n) is 6.53. The standard InChI is InChI=1S/C18H20ClN3O10S3/c1-2-33(23,24)16-7-8-18(17(19)13-16)21-20-14-3-5-15(6-4-14)22(9-11-31-34(25,26)27)10-12-32-35(28,29)30/h2-8,13H,1,9-12H2,(H,25,26,27)(H,28,29,30). The minimum atomic E-state index is -4.67. The number of sulfone groups is 1. The number of benzene rings is 2. The van der Waals surface area contributed by atoms with Crippen LogP contribution in [-0.2, 0) is 39.0 Å². The molecule has 0 saturated carbocycles. The van der Waals surface area contributed by atoms with Gasteiger partial charge in [0.05, 0.1) is 28.8 Å². The third-order valence-electron chi connectivity index (χ3n) is 4.14. The third kappa shape index (κ3) is 9.98. The smallest absolute Gasteiger partial charge is 0.367 e. The van der Waals surface area contributed by atoms with E-state index < -0.39 is 43.8 Å². The Morgan fingerprint density at radius 2 is 1.43 bits per heavy atom. The van der Waals surface area contributed by atoms with Crippen LogP contribution in [0.2, 0.25) is 5.02 Å². The Morgan fingerprint density at radius 1 is 0.886 bits per heavy atom. The van der Waals surface area contributed by atoms with Gasteiger partial charge in [-0.1, -0.05) is 18.2 Å². The van der Waals surface area contributed by atoms with Crippen LogP contribution >= 0.6 is 11.6 Å².